The molecule has 0 spiro atoms. The summed E-state index contributed by atoms with van der Waals surface area (Å²) in [5, 5.41) is 3.26. The van der Waals surface area contributed by atoms with Gasteiger partial charge in [0.05, 0.1) is 19.1 Å². The molecule has 8 heteroatoms. The van der Waals surface area contributed by atoms with Gasteiger partial charge in [-0.2, -0.15) is 0 Å². The highest BCUT2D eigenvalue weighted by molar-refractivity contribution is 7.92. The molecule has 2 aromatic rings. The zero-order valence-corrected chi connectivity index (χ0v) is 16.6. The van der Waals surface area contributed by atoms with E-state index in [2.05, 4.69) is 5.32 Å². The van der Waals surface area contributed by atoms with Crippen molar-refractivity contribution in [2.24, 2.45) is 0 Å². The minimum atomic E-state index is -3.71. The summed E-state index contributed by atoms with van der Waals surface area (Å²) in [6, 6.07) is 10.7. The number of halogens is 1. The van der Waals surface area contributed by atoms with Gasteiger partial charge in [-0.3, -0.25) is 9.10 Å². The number of ether oxygens (including phenoxy) is 1. The zero-order chi connectivity index (χ0) is 19.5. The van der Waals surface area contributed by atoms with Crippen LogP contribution in [0.1, 0.15) is 12.5 Å². The summed E-state index contributed by atoms with van der Waals surface area (Å²) in [5.41, 5.74) is 1.59. The molecule has 0 aromatic heterocycles. The predicted molar refractivity (Wildman–Crippen MR) is 105 cm³/mol. The van der Waals surface area contributed by atoms with Crippen molar-refractivity contribution >= 4 is 38.9 Å². The average molecular weight is 397 g/mol. The largest absolute Gasteiger partial charge is 0.497 e. The van der Waals surface area contributed by atoms with Crippen LogP contribution in [0.4, 0.5) is 11.4 Å². The number of methoxy groups -OCH3 is 1. The van der Waals surface area contributed by atoms with Crippen molar-refractivity contribution in [2.75, 3.05) is 23.0 Å². The van der Waals surface area contributed by atoms with Crippen molar-refractivity contribution < 1.29 is 17.9 Å². The molecule has 26 heavy (non-hydrogen) atoms. The molecule has 0 bridgehead atoms. The number of hydrogen-bond acceptors (Lipinski definition) is 4. The Balaban J connectivity index is 2.36. The van der Waals surface area contributed by atoms with Gasteiger partial charge in [0.2, 0.25) is 15.9 Å². The van der Waals surface area contributed by atoms with Gasteiger partial charge in [-0.1, -0.05) is 23.7 Å². The number of hydrogen-bond donors (Lipinski definition) is 1. The highest BCUT2D eigenvalue weighted by Gasteiger charge is 2.29. The van der Waals surface area contributed by atoms with E-state index in [0.29, 0.717) is 27.7 Å². The summed E-state index contributed by atoms with van der Waals surface area (Å²) in [6.07, 6.45) is 1.06. The molecular weight excluding hydrogens is 376 g/mol. The third-order valence-electron chi connectivity index (χ3n) is 3.92. The molecule has 1 amide bonds. The lowest BCUT2D eigenvalue weighted by Gasteiger charge is -2.28. The molecule has 0 fully saturated rings. The third-order valence-corrected chi connectivity index (χ3v) is 5.57. The number of benzene rings is 2. The Morgan fingerprint density at radius 2 is 1.88 bits per heavy atom. The lowest BCUT2D eigenvalue weighted by Crippen LogP contribution is -2.45. The van der Waals surface area contributed by atoms with Gasteiger partial charge in [0, 0.05) is 16.8 Å². The molecule has 1 atom stereocenters. The molecule has 0 radical (unpaired) electrons. The molecule has 0 saturated carbocycles. The molecule has 0 aliphatic heterocycles. The first-order valence-corrected chi connectivity index (χ1v) is 10.1. The van der Waals surface area contributed by atoms with E-state index in [1.54, 1.807) is 49.4 Å². The van der Waals surface area contributed by atoms with Gasteiger partial charge >= 0.3 is 0 Å². The second-order valence-electron chi connectivity index (χ2n) is 5.84. The fourth-order valence-electron chi connectivity index (χ4n) is 2.54. The van der Waals surface area contributed by atoms with Crippen LogP contribution in [-0.4, -0.2) is 33.7 Å². The molecule has 2 aromatic carbocycles. The van der Waals surface area contributed by atoms with Crippen molar-refractivity contribution in [3.63, 3.8) is 0 Å². The lowest BCUT2D eigenvalue weighted by molar-refractivity contribution is -0.116. The Hall–Kier alpha value is -2.25. The van der Waals surface area contributed by atoms with Crippen molar-refractivity contribution in [2.45, 2.75) is 19.9 Å². The Kier molecular flexibility index (Phi) is 6.15. The number of nitrogens with one attached hydrogen (secondary N) is 1. The van der Waals surface area contributed by atoms with Crippen molar-refractivity contribution in [3.05, 3.63) is 53.1 Å². The summed E-state index contributed by atoms with van der Waals surface area (Å²) in [4.78, 5) is 12.7. The minimum Gasteiger partial charge on any atom is -0.497 e. The summed E-state index contributed by atoms with van der Waals surface area (Å²) >= 11 is 6.07. The van der Waals surface area contributed by atoms with E-state index in [0.717, 1.165) is 10.6 Å². The highest BCUT2D eigenvalue weighted by Crippen LogP contribution is 2.27. The van der Waals surface area contributed by atoms with Crippen LogP contribution in [0.5, 0.6) is 5.75 Å². The third kappa shape index (κ3) is 4.47. The standard InChI is InChI=1S/C18H21ClN2O4S/c1-12-16(19)9-6-10-17(12)20-18(22)13(2)21(26(4,23)24)14-7-5-8-15(11-14)25-3/h5-11,13H,1-4H3,(H,20,22). The van der Waals surface area contributed by atoms with Crippen LogP contribution in [0.3, 0.4) is 0 Å². The average Bonchev–Trinajstić information content (AvgIpc) is 2.58. The minimum absolute atomic E-state index is 0.345. The van der Waals surface area contributed by atoms with Gasteiger partial charge in [0.25, 0.3) is 0 Å². The molecule has 0 aliphatic carbocycles. The van der Waals surface area contributed by atoms with Crippen molar-refractivity contribution in [1.82, 2.24) is 0 Å². The quantitative estimate of drug-likeness (QED) is 0.811. The number of carbonyl (C=O) groups is 1. The van der Waals surface area contributed by atoms with Gasteiger partial charge < -0.3 is 10.1 Å². The van der Waals surface area contributed by atoms with Crippen molar-refractivity contribution in [3.8, 4) is 5.75 Å². The normalized spacial score (nSPS) is 12.3. The first kappa shape index (κ1) is 20.1. The zero-order valence-electron chi connectivity index (χ0n) is 15.0. The number of carbonyl (C=O) groups excluding carboxylic acids is 1. The second-order valence-corrected chi connectivity index (χ2v) is 8.10. The Morgan fingerprint density at radius 3 is 2.50 bits per heavy atom. The van der Waals surface area contributed by atoms with E-state index >= 15 is 0 Å². The van der Waals surface area contributed by atoms with Crippen LogP contribution < -0.4 is 14.4 Å². The number of nitrogens with zero attached hydrogens (tertiary/aromatic N) is 1. The summed E-state index contributed by atoms with van der Waals surface area (Å²) in [6.45, 7) is 3.30. The van der Waals surface area contributed by atoms with Crippen molar-refractivity contribution in [1.29, 1.82) is 0 Å². The maximum atomic E-state index is 12.7. The molecule has 6 nitrogen and oxygen atoms in total. The van der Waals surface area contributed by atoms with Crippen LogP contribution >= 0.6 is 11.6 Å². The summed E-state index contributed by atoms with van der Waals surface area (Å²) in [5.74, 6) is 0.0260. The van der Waals surface area contributed by atoms with Crippen LogP contribution in [0.25, 0.3) is 0 Å². The fraction of sp³-hybridized carbons (Fsp3) is 0.278. The molecular formula is C18H21ClN2O4S. The maximum absolute atomic E-state index is 12.7. The van der Waals surface area contributed by atoms with Gasteiger partial charge in [-0.25, -0.2) is 8.42 Å². The molecule has 1 unspecified atom stereocenters. The van der Waals surface area contributed by atoms with E-state index in [9.17, 15) is 13.2 Å². The summed E-state index contributed by atoms with van der Waals surface area (Å²) < 4.78 is 30.9. The van der Waals surface area contributed by atoms with Crippen LogP contribution in [0.15, 0.2) is 42.5 Å². The highest BCUT2D eigenvalue weighted by atomic mass is 35.5. The maximum Gasteiger partial charge on any atom is 0.248 e. The van der Waals surface area contributed by atoms with E-state index in [4.69, 9.17) is 16.3 Å². The summed E-state index contributed by atoms with van der Waals surface area (Å²) in [7, 11) is -2.22. The van der Waals surface area contributed by atoms with Crippen LogP contribution in [-0.2, 0) is 14.8 Å². The number of anilines is 2. The van der Waals surface area contributed by atoms with E-state index in [1.807, 2.05) is 0 Å². The predicted octanol–water partition coefficient (Wildman–Crippen LogP) is 3.45. The Bertz CT molecular complexity index is 915. The SMILES string of the molecule is COc1cccc(N(C(C)C(=O)Nc2cccc(Cl)c2C)S(C)(=O)=O)c1. The first-order chi connectivity index (χ1) is 12.1. The Labute approximate surface area is 158 Å². The molecule has 0 aliphatic rings. The van der Waals surface area contributed by atoms with E-state index in [-0.39, 0.29) is 0 Å². The van der Waals surface area contributed by atoms with Gasteiger partial charge in [-0.05, 0) is 43.7 Å². The number of amides is 1. The monoisotopic (exact) mass is 396 g/mol. The first-order valence-electron chi connectivity index (χ1n) is 7.84. The van der Waals surface area contributed by atoms with Gasteiger partial charge in [0.15, 0.2) is 0 Å². The number of rotatable bonds is 6. The fourth-order valence-corrected chi connectivity index (χ4v) is 3.88. The molecule has 140 valence electrons. The molecule has 1 N–H and O–H groups in total. The topological polar surface area (TPSA) is 75.7 Å². The second kappa shape index (κ2) is 7.97. The van der Waals surface area contributed by atoms with Gasteiger partial charge in [0.1, 0.15) is 11.8 Å². The Morgan fingerprint density at radius 1 is 1.23 bits per heavy atom. The van der Waals surface area contributed by atoms with Crippen LogP contribution in [0.2, 0.25) is 5.02 Å². The van der Waals surface area contributed by atoms with Gasteiger partial charge in [-0.15, -0.1) is 0 Å². The van der Waals surface area contributed by atoms with Crippen LogP contribution in [0, 0.1) is 6.92 Å². The lowest BCUT2D eigenvalue weighted by atomic mass is 10.2. The molecule has 2 rings (SSSR count). The number of sulfonamides is 1. The molecule has 0 saturated heterocycles. The van der Waals surface area contributed by atoms with E-state index in [1.165, 1.54) is 14.0 Å². The smallest absolute Gasteiger partial charge is 0.248 e. The molecule has 0 heterocycles. The van der Waals surface area contributed by atoms with E-state index < -0.39 is 22.0 Å².